The van der Waals surface area contributed by atoms with Crippen molar-refractivity contribution in [2.75, 3.05) is 31.1 Å². The average molecular weight is 516 g/mol. The lowest BCUT2D eigenvalue weighted by Gasteiger charge is -2.28. The highest BCUT2D eigenvalue weighted by Gasteiger charge is 2.18. The van der Waals surface area contributed by atoms with Crippen LogP contribution in [0.15, 0.2) is 60.8 Å². The molecule has 3 heterocycles. The fourth-order valence-electron chi connectivity index (χ4n) is 4.43. The van der Waals surface area contributed by atoms with E-state index in [9.17, 15) is 17.6 Å². The lowest BCUT2D eigenvalue weighted by Crippen LogP contribution is -2.43. The van der Waals surface area contributed by atoms with Crippen molar-refractivity contribution < 1.29 is 27.0 Å². The lowest BCUT2D eigenvalue weighted by atomic mass is 10.1. The van der Waals surface area contributed by atoms with Gasteiger partial charge in [0.1, 0.15) is 24.0 Å². The molecule has 194 valence electrons. The zero-order valence-electron chi connectivity index (χ0n) is 19.8. The van der Waals surface area contributed by atoms with Crippen LogP contribution in [-0.4, -0.2) is 53.9 Å². The highest BCUT2D eigenvalue weighted by Crippen LogP contribution is 2.29. The van der Waals surface area contributed by atoms with Crippen molar-refractivity contribution in [3.63, 3.8) is 0 Å². The molecular formula is C26H25F4N5O2. The largest absolute Gasteiger partial charge is 0.434 e. The smallest absolute Gasteiger partial charge is 0.387 e. The number of aromatic nitrogens is 3. The highest BCUT2D eigenvalue weighted by molar-refractivity contribution is 5.83. The van der Waals surface area contributed by atoms with Gasteiger partial charge in [0.25, 0.3) is 0 Å². The first kappa shape index (κ1) is 25.0. The predicted molar refractivity (Wildman–Crippen MR) is 131 cm³/mol. The number of imidazole rings is 1. The van der Waals surface area contributed by atoms with Gasteiger partial charge >= 0.3 is 13.2 Å². The van der Waals surface area contributed by atoms with Gasteiger partial charge in [-0.05, 0) is 35.9 Å². The summed E-state index contributed by atoms with van der Waals surface area (Å²) in [6, 6.07) is 15.9. The molecule has 37 heavy (non-hydrogen) atoms. The molecule has 0 aliphatic carbocycles. The molecular weight excluding hydrogens is 490 g/mol. The number of para-hydroxylation sites is 1. The Bertz CT molecular complexity index is 1340. The first-order valence-electron chi connectivity index (χ1n) is 11.8. The van der Waals surface area contributed by atoms with Crippen molar-refractivity contribution in [3.8, 4) is 16.9 Å². The van der Waals surface area contributed by atoms with Crippen LogP contribution in [-0.2, 0) is 17.9 Å². The summed E-state index contributed by atoms with van der Waals surface area (Å²) >= 11 is 0. The molecule has 0 unspecified atom stereocenters. The number of hydrogen-bond acceptors (Lipinski definition) is 6. The third-order valence-electron chi connectivity index (χ3n) is 6.21. The highest BCUT2D eigenvalue weighted by atomic mass is 19.3. The standard InChI is InChI=1S/C26H25F4N5O2/c27-25(28)36-16-24-33-20-7-5-17(18-6-8-23(32-14-18)34-11-9-31-10-12-34)13-21(20)35(24)15-19-3-1-2-4-22(19)37-26(29)30/h1-8,13-14,25-26,31H,9-12,15-16H2. The zero-order valence-corrected chi connectivity index (χ0v) is 19.8. The minimum atomic E-state index is -2.99. The second-order valence-electron chi connectivity index (χ2n) is 8.52. The van der Waals surface area contributed by atoms with Crippen LogP contribution >= 0.6 is 0 Å². The topological polar surface area (TPSA) is 64.4 Å². The van der Waals surface area contributed by atoms with Crippen LogP contribution in [0.5, 0.6) is 5.75 Å². The minimum Gasteiger partial charge on any atom is -0.434 e. The number of pyridine rings is 1. The van der Waals surface area contributed by atoms with E-state index >= 15 is 0 Å². The van der Waals surface area contributed by atoms with Gasteiger partial charge in [0.05, 0.1) is 17.6 Å². The van der Waals surface area contributed by atoms with Crippen molar-refractivity contribution in [1.82, 2.24) is 19.9 Å². The van der Waals surface area contributed by atoms with Crippen molar-refractivity contribution in [2.45, 2.75) is 26.4 Å². The fraction of sp³-hybridized carbons (Fsp3) is 0.308. The van der Waals surface area contributed by atoms with Gasteiger partial charge in [-0.15, -0.1) is 0 Å². The Hall–Kier alpha value is -3.70. The summed E-state index contributed by atoms with van der Waals surface area (Å²) in [5.41, 5.74) is 3.39. The molecule has 1 fully saturated rings. The molecule has 0 radical (unpaired) electrons. The lowest BCUT2D eigenvalue weighted by molar-refractivity contribution is -0.139. The summed E-state index contributed by atoms with van der Waals surface area (Å²) in [5, 5.41) is 3.32. The van der Waals surface area contributed by atoms with E-state index in [1.54, 1.807) is 35.0 Å². The van der Waals surface area contributed by atoms with E-state index in [1.165, 1.54) is 6.07 Å². The summed E-state index contributed by atoms with van der Waals surface area (Å²) in [7, 11) is 0. The maximum atomic E-state index is 13.0. The number of hydrogen-bond donors (Lipinski definition) is 1. The first-order chi connectivity index (χ1) is 18.0. The van der Waals surface area contributed by atoms with Gasteiger partial charge < -0.3 is 24.3 Å². The van der Waals surface area contributed by atoms with Gasteiger partial charge in [0.2, 0.25) is 0 Å². The van der Waals surface area contributed by atoms with E-state index in [2.05, 4.69) is 29.7 Å². The Balaban J connectivity index is 1.50. The molecule has 1 aliphatic heterocycles. The Morgan fingerprint density at radius 3 is 2.43 bits per heavy atom. The van der Waals surface area contributed by atoms with E-state index in [0.717, 1.165) is 43.1 Å². The van der Waals surface area contributed by atoms with Gasteiger partial charge in [0, 0.05) is 43.5 Å². The molecule has 0 spiro atoms. The van der Waals surface area contributed by atoms with Gasteiger partial charge in [-0.3, -0.25) is 0 Å². The monoisotopic (exact) mass is 515 g/mol. The molecule has 0 saturated carbocycles. The van der Waals surface area contributed by atoms with Crippen LogP contribution in [0.1, 0.15) is 11.4 Å². The summed E-state index contributed by atoms with van der Waals surface area (Å²) in [5.74, 6) is 1.15. The molecule has 2 aromatic heterocycles. The van der Waals surface area contributed by atoms with Crippen molar-refractivity contribution in [3.05, 3.63) is 72.2 Å². The number of nitrogens with zero attached hydrogens (tertiary/aromatic N) is 4. The van der Waals surface area contributed by atoms with Crippen LogP contribution in [0.2, 0.25) is 0 Å². The maximum absolute atomic E-state index is 13.0. The van der Waals surface area contributed by atoms with Gasteiger partial charge in [0.15, 0.2) is 0 Å². The number of halogens is 4. The molecule has 7 nitrogen and oxygen atoms in total. The molecule has 11 heteroatoms. The Morgan fingerprint density at radius 1 is 0.919 bits per heavy atom. The van der Waals surface area contributed by atoms with E-state index < -0.39 is 19.8 Å². The van der Waals surface area contributed by atoms with Gasteiger partial charge in [-0.25, -0.2) is 9.97 Å². The Labute approximate surface area is 210 Å². The molecule has 1 N–H and O–H groups in total. The number of rotatable bonds is 9. The minimum absolute atomic E-state index is 0.00364. The van der Waals surface area contributed by atoms with E-state index in [-0.39, 0.29) is 18.1 Å². The molecule has 4 aromatic rings. The molecule has 2 aromatic carbocycles. The van der Waals surface area contributed by atoms with Crippen molar-refractivity contribution in [2.24, 2.45) is 0 Å². The SMILES string of the molecule is FC(F)OCc1nc2ccc(-c3ccc(N4CCNCC4)nc3)cc2n1Cc1ccccc1OC(F)F. The van der Waals surface area contributed by atoms with Crippen molar-refractivity contribution >= 4 is 16.9 Å². The molecule has 5 rings (SSSR count). The number of nitrogens with one attached hydrogen (secondary N) is 1. The van der Waals surface area contributed by atoms with Crippen LogP contribution < -0.4 is 15.0 Å². The fourth-order valence-corrected chi connectivity index (χ4v) is 4.43. The molecule has 0 atom stereocenters. The first-order valence-corrected chi connectivity index (χ1v) is 11.8. The van der Waals surface area contributed by atoms with Crippen LogP contribution in [0.4, 0.5) is 23.4 Å². The van der Waals surface area contributed by atoms with Gasteiger partial charge in [-0.1, -0.05) is 24.3 Å². The second kappa shape index (κ2) is 11.1. The quantitative estimate of drug-likeness (QED) is 0.320. The number of benzene rings is 2. The Kier molecular flexibility index (Phi) is 7.52. The van der Waals surface area contributed by atoms with Gasteiger partial charge in [-0.2, -0.15) is 17.6 Å². The van der Waals surface area contributed by atoms with E-state index in [1.807, 2.05) is 24.3 Å². The summed E-state index contributed by atoms with van der Waals surface area (Å²) in [4.78, 5) is 11.3. The number of ether oxygens (including phenoxy) is 2. The number of alkyl halides is 4. The van der Waals surface area contributed by atoms with Crippen LogP contribution in [0, 0.1) is 0 Å². The third kappa shape index (κ3) is 5.83. The van der Waals surface area contributed by atoms with E-state index in [0.29, 0.717) is 16.6 Å². The van der Waals surface area contributed by atoms with E-state index in [4.69, 9.17) is 0 Å². The predicted octanol–water partition coefficient (Wildman–Crippen LogP) is 4.90. The van der Waals surface area contributed by atoms with Crippen LogP contribution in [0.3, 0.4) is 0 Å². The molecule has 0 bridgehead atoms. The summed E-state index contributed by atoms with van der Waals surface area (Å²) < 4.78 is 62.4. The van der Waals surface area contributed by atoms with Crippen molar-refractivity contribution in [1.29, 1.82) is 0 Å². The second-order valence-corrected chi connectivity index (χ2v) is 8.52. The maximum Gasteiger partial charge on any atom is 0.387 e. The molecule has 1 saturated heterocycles. The summed E-state index contributed by atoms with van der Waals surface area (Å²) in [6.45, 7) is -2.74. The normalized spacial score (nSPS) is 14.2. The average Bonchev–Trinajstić information content (AvgIpc) is 3.25. The van der Waals surface area contributed by atoms with Crippen LogP contribution in [0.25, 0.3) is 22.2 Å². The zero-order chi connectivity index (χ0) is 25.8. The number of piperazine rings is 1. The summed E-state index contributed by atoms with van der Waals surface area (Å²) in [6.07, 6.45) is 1.80. The number of anilines is 1. The molecule has 1 aliphatic rings. The third-order valence-corrected chi connectivity index (χ3v) is 6.21. The number of fused-ring (bicyclic) bond motifs is 1. The molecule has 0 amide bonds. The Morgan fingerprint density at radius 2 is 1.70 bits per heavy atom.